The number of amides is 1. The monoisotopic (exact) mass is 307 g/mol. The minimum absolute atomic E-state index is 0.100. The fourth-order valence-corrected chi connectivity index (χ4v) is 2.30. The number of nitrogens with one attached hydrogen (secondary N) is 1. The van der Waals surface area contributed by atoms with Crippen LogP contribution in [0.2, 0.25) is 0 Å². The van der Waals surface area contributed by atoms with Gasteiger partial charge in [0.25, 0.3) is 0 Å². The van der Waals surface area contributed by atoms with Crippen molar-refractivity contribution in [2.45, 2.75) is 19.1 Å². The lowest BCUT2D eigenvalue weighted by Gasteiger charge is -2.14. The van der Waals surface area contributed by atoms with Crippen molar-refractivity contribution in [1.29, 1.82) is 0 Å². The Bertz CT molecular complexity index is 498. The summed E-state index contributed by atoms with van der Waals surface area (Å²) in [6.45, 7) is 0.100. The minimum Gasteiger partial charge on any atom is -0.480 e. The van der Waals surface area contributed by atoms with Crippen LogP contribution in [0.25, 0.3) is 0 Å². The summed E-state index contributed by atoms with van der Waals surface area (Å²) in [5, 5.41) is 11.4. The Morgan fingerprint density at radius 2 is 2.10 bits per heavy atom. The molecule has 112 valence electrons. The van der Waals surface area contributed by atoms with Gasteiger partial charge in [-0.25, -0.2) is 9.59 Å². The molecule has 1 aromatic carbocycles. The van der Waals surface area contributed by atoms with Gasteiger partial charge in [-0.2, -0.15) is 11.8 Å². The first-order valence-electron chi connectivity index (χ1n) is 6.34. The largest absolute Gasteiger partial charge is 0.480 e. The number of alkyl carbamates (subject to hydrolysis) is 1. The number of terminal acetylenes is 1. The Labute approximate surface area is 128 Å². The fraction of sp³-hybridized carbons (Fsp3) is 0.333. The van der Waals surface area contributed by atoms with Crippen LogP contribution in [0.3, 0.4) is 0 Å². The zero-order chi connectivity index (χ0) is 15.5. The van der Waals surface area contributed by atoms with Crippen molar-refractivity contribution in [3.63, 3.8) is 0 Å². The van der Waals surface area contributed by atoms with E-state index in [4.69, 9.17) is 16.3 Å². The molecule has 6 heteroatoms. The van der Waals surface area contributed by atoms with Gasteiger partial charge in [0.05, 0.1) is 0 Å². The average Bonchev–Trinajstić information content (AvgIpc) is 2.49. The van der Waals surface area contributed by atoms with E-state index in [-0.39, 0.29) is 12.4 Å². The third-order valence-electron chi connectivity index (χ3n) is 2.48. The summed E-state index contributed by atoms with van der Waals surface area (Å²) in [5.41, 5.74) is 0.836. The number of aliphatic carboxylic acids is 1. The molecule has 1 rings (SSSR count). The van der Waals surface area contributed by atoms with Crippen LogP contribution in [0.4, 0.5) is 4.79 Å². The van der Waals surface area contributed by atoms with Crippen LogP contribution >= 0.6 is 11.8 Å². The molecule has 0 aliphatic carbocycles. The minimum atomic E-state index is -1.10. The van der Waals surface area contributed by atoms with E-state index in [9.17, 15) is 9.59 Å². The number of benzene rings is 1. The molecule has 1 amide bonds. The number of carboxylic acid groups (broad SMARTS) is 1. The topological polar surface area (TPSA) is 75.6 Å². The summed E-state index contributed by atoms with van der Waals surface area (Å²) in [5.74, 6) is 2.27. The maximum Gasteiger partial charge on any atom is 0.408 e. The van der Waals surface area contributed by atoms with Crippen LogP contribution in [-0.2, 0) is 16.1 Å². The second-order valence-corrected chi connectivity index (χ2v) is 5.28. The lowest BCUT2D eigenvalue weighted by atomic mass is 10.2. The van der Waals surface area contributed by atoms with Crippen molar-refractivity contribution in [2.24, 2.45) is 0 Å². The number of ether oxygens (including phenoxy) is 1. The molecule has 0 radical (unpaired) electrons. The second kappa shape index (κ2) is 9.72. The number of thioether (sulfide) groups is 1. The highest BCUT2D eigenvalue weighted by Gasteiger charge is 2.20. The number of carboxylic acids is 1. The van der Waals surface area contributed by atoms with Crippen LogP contribution in [0, 0.1) is 12.3 Å². The van der Waals surface area contributed by atoms with Gasteiger partial charge in [-0.3, -0.25) is 0 Å². The molecule has 0 saturated heterocycles. The van der Waals surface area contributed by atoms with Crippen LogP contribution in [0.15, 0.2) is 30.3 Å². The smallest absolute Gasteiger partial charge is 0.408 e. The van der Waals surface area contributed by atoms with Gasteiger partial charge in [0, 0.05) is 17.9 Å². The molecule has 0 aliphatic rings. The van der Waals surface area contributed by atoms with E-state index in [1.165, 1.54) is 11.8 Å². The molecule has 1 aromatic rings. The van der Waals surface area contributed by atoms with Gasteiger partial charge < -0.3 is 15.2 Å². The molecule has 1 atom stereocenters. The number of carbonyl (C=O) groups excluding carboxylic acids is 1. The first-order valence-corrected chi connectivity index (χ1v) is 7.50. The van der Waals surface area contributed by atoms with E-state index < -0.39 is 18.1 Å². The van der Waals surface area contributed by atoms with Crippen molar-refractivity contribution in [3.8, 4) is 12.3 Å². The molecule has 21 heavy (non-hydrogen) atoms. The van der Waals surface area contributed by atoms with Crippen LogP contribution in [0.1, 0.15) is 12.0 Å². The maximum atomic E-state index is 11.6. The van der Waals surface area contributed by atoms with Gasteiger partial charge in [-0.15, -0.1) is 12.3 Å². The number of carbonyl (C=O) groups is 2. The van der Waals surface area contributed by atoms with Gasteiger partial charge in [0.2, 0.25) is 0 Å². The molecule has 0 spiro atoms. The number of rotatable bonds is 8. The molecule has 0 fully saturated rings. The fourth-order valence-electron chi connectivity index (χ4n) is 1.41. The third-order valence-corrected chi connectivity index (χ3v) is 3.54. The van der Waals surface area contributed by atoms with E-state index >= 15 is 0 Å². The van der Waals surface area contributed by atoms with Gasteiger partial charge >= 0.3 is 12.1 Å². The highest BCUT2D eigenvalue weighted by molar-refractivity contribution is 7.99. The second-order valence-electron chi connectivity index (χ2n) is 4.13. The molecular formula is C15H17NO4S. The van der Waals surface area contributed by atoms with Crippen molar-refractivity contribution in [2.75, 3.05) is 11.5 Å². The molecule has 2 N–H and O–H groups in total. The molecule has 0 aromatic heterocycles. The van der Waals surface area contributed by atoms with Crippen molar-refractivity contribution in [1.82, 2.24) is 5.32 Å². The van der Waals surface area contributed by atoms with E-state index in [1.54, 1.807) is 0 Å². The molecule has 0 heterocycles. The Hall–Kier alpha value is -2.13. The van der Waals surface area contributed by atoms with Crippen LogP contribution in [-0.4, -0.2) is 34.7 Å². The molecule has 5 nitrogen and oxygen atoms in total. The Morgan fingerprint density at radius 3 is 2.71 bits per heavy atom. The molecule has 0 bridgehead atoms. The molecule has 0 saturated carbocycles. The van der Waals surface area contributed by atoms with Crippen molar-refractivity contribution >= 4 is 23.8 Å². The van der Waals surface area contributed by atoms with E-state index in [0.717, 1.165) is 5.56 Å². The maximum absolute atomic E-state index is 11.6. The molecule has 0 aliphatic heterocycles. The highest BCUT2D eigenvalue weighted by atomic mass is 32.2. The van der Waals surface area contributed by atoms with Crippen LogP contribution in [0.5, 0.6) is 0 Å². The summed E-state index contributed by atoms with van der Waals surface area (Å²) < 4.78 is 4.98. The molecular weight excluding hydrogens is 290 g/mol. The summed E-state index contributed by atoms with van der Waals surface area (Å²) in [6.07, 6.45) is 4.93. The van der Waals surface area contributed by atoms with E-state index in [2.05, 4.69) is 11.2 Å². The zero-order valence-corrected chi connectivity index (χ0v) is 12.3. The van der Waals surface area contributed by atoms with Gasteiger partial charge in [-0.1, -0.05) is 30.3 Å². The lowest BCUT2D eigenvalue weighted by Crippen LogP contribution is -2.42. The van der Waals surface area contributed by atoms with Gasteiger partial charge in [-0.05, 0) is 5.56 Å². The molecule has 1 unspecified atom stereocenters. The normalized spacial score (nSPS) is 11.2. The van der Waals surface area contributed by atoms with Crippen molar-refractivity contribution in [3.05, 3.63) is 35.9 Å². The predicted octanol–water partition coefficient (Wildman–Crippen LogP) is 2.12. The first-order chi connectivity index (χ1) is 10.1. The Morgan fingerprint density at radius 1 is 1.38 bits per heavy atom. The Kier molecular flexibility index (Phi) is 7.84. The third kappa shape index (κ3) is 7.28. The first kappa shape index (κ1) is 16.9. The number of hydrogen-bond acceptors (Lipinski definition) is 4. The summed E-state index contributed by atoms with van der Waals surface area (Å²) in [7, 11) is 0. The van der Waals surface area contributed by atoms with Gasteiger partial charge in [0.15, 0.2) is 0 Å². The zero-order valence-electron chi connectivity index (χ0n) is 11.5. The predicted molar refractivity (Wildman–Crippen MR) is 82.0 cm³/mol. The SMILES string of the molecule is C#CCCSCC(NC(=O)OCc1ccccc1)C(=O)O. The summed E-state index contributed by atoms with van der Waals surface area (Å²) >= 11 is 1.38. The highest BCUT2D eigenvalue weighted by Crippen LogP contribution is 2.06. The number of hydrogen-bond donors (Lipinski definition) is 2. The van der Waals surface area contributed by atoms with Crippen molar-refractivity contribution < 1.29 is 19.4 Å². The Balaban J connectivity index is 2.35. The van der Waals surface area contributed by atoms with Crippen LogP contribution < -0.4 is 5.32 Å². The summed E-state index contributed by atoms with van der Waals surface area (Å²) in [6, 6.07) is 8.17. The lowest BCUT2D eigenvalue weighted by molar-refractivity contribution is -0.138. The van der Waals surface area contributed by atoms with E-state index in [1.807, 2.05) is 30.3 Å². The standard InChI is InChI=1S/C15H17NO4S/c1-2-3-9-21-11-13(14(17)18)16-15(19)20-10-12-7-5-4-6-8-12/h1,4-8,13H,3,9-11H2,(H,16,19)(H,17,18). The van der Waals surface area contributed by atoms with Gasteiger partial charge in [0.1, 0.15) is 12.6 Å². The van der Waals surface area contributed by atoms with E-state index in [0.29, 0.717) is 12.2 Å². The quantitative estimate of drug-likeness (QED) is 0.568. The average molecular weight is 307 g/mol. The summed E-state index contributed by atoms with van der Waals surface area (Å²) in [4.78, 5) is 22.6.